The molecule has 1 amide bonds. The van der Waals surface area contributed by atoms with E-state index in [1.54, 1.807) is 20.8 Å². The first kappa shape index (κ1) is 11.1. The van der Waals surface area contributed by atoms with Crippen molar-refractivity contribution >= 4 is 6.09 Å². The Morgan fingerprint density at radius 2 is 2.44 bits per heavy atom. The highest BCUT2D eigenvalue weighted by Crippen LogP contribution is 2.20. The van der Waals surface area contributed by atoms with Crippen LogP contribution in [0.25, 0.3) is 10.4 Å². The summed E-state index contributed by atoms with van der Waals surface area (Å²) in [5.41, 5.74) is 7.73. The summed E-state index contributed by atoms with van der Waals surface area (Å²) in [5.74, 6) is 0. The van der Waals surface area contributed by atoms with Gasteiger partial charge in [-0.15, -0.1) is 0 Å². The molecule has 1 saturated heterocycles. The fourth-order valence-electron chi connectivity index (χ4n) is 1.53. The minimum Gasteiger partial charge on any atom is -0.444 e. The minimum atomic E-state index is -0.555. The SMILES string of the molecule is [3H]C1C[C@H](CN=[N+]=[N-])N(C(=O)OC(C)(C)C)C1. The van der Waals surface area contributed by atoms with Crippen LogP contribution in [-0.2, 0) is 4.74 Å². The van der Waals surface area contributed by atoms with Gasteiger partial charge in [0.1, 0.15) is 5.60 Å². The number of carbonyl (C=O) groups excluding carboxylic acids is 1. The predicted molar refractivity (Wildman–Crippen MR) is 60.0 cm³/mol. The molecule has 0 bridgehead atoms. The lowest BCUT2D eigenvalue weighted by molar-refractivity contribution is 0.0232. The molecule has 6 heteroatoms. The molecular formula is C10H18N4O2. The van der Waals surface area contributed by atoms with Gasteiger partial charge in [0.05, 0.1) is 0 Å². The lowest BCUT2D eigenvalue weighted by atomic mass is 10.2. The van der Waals surface area contributed by atoms with Crippen LogP contribution < -0.4 is 0 Å². The molecular weight excluding hydrogens is 208 g/mol. The fraction of sp³-hybridized carbons (Fsp3) is 0.900. The van der Waals surface area contributed by atoms with Crippen molar-refractivity contribution in [3.8, 4) is 0 Å². The van der Waals surface area contributed by atoms with Crippen molar-refractivity contribution in [2.45, 2.75) is 45.2 Å². The molecule has 16 heavy (non-hydrogen) atoms. The first-order chi connectivity index (χ1) is 7.83. The van der Waals surface area contributed by atoms with Gasteiger partial charge in [-0.3, -0.25) is 0 Å². The van der Waals surface area contributed by atoms with E-state index in [-0.39, 0.29) is 19.0 Å². The van der Waals surface area contributed by atoms with E-state index in [9.17, 15) is 4.79 Å². The maximum atomic E-state index is 11.9. The number of rotatable bonds is 2. The minimum absolute atomic E-state index is 0.200. The molecule has 1 heterocycles. The molecule has 0 aliphatic carbocycles. The zero-order chi connectivity index (χ0) is 13.1. The van der Waals surface area contributed by atoms with Gasteiger partial charge in [-0.2, -0.15) is 0 Å². The first-order valence-electron chi connectivity index (χ1n) is 5.84. The summed E-state index contributed by atoms with van der Waals surface area (Å²) in [5, 5.41) is 3.47. The van der Waals surface area contributed by atoms with Gasteiger partial charge in [0.25, 0.3) is 0 Å². The third-order valence-electron chi connectivity index (χ3n) is 2.19. The van der Waals surface area contributed by atoms with Crippen LogP contribution in [0, 0.1) is 0 Å². The van der Waals surface area contributed by atoms with Crippen molar-refractivity contribution < 1.29 is 10.9 Å². The summed E-state index contributed by atoms with van der Waals surface area (Å²) in [6, 6.07) is -0.219. The normalized spacial score (nSPS) is 25.9. The molecule has 0 radical (unpaired) electrons. The number of hydrogen-bond acceptors (Lipinski definition) is 3. The predicted octanol–water partition coefficient (Wildman–Crippen LogP) is 2.70. The molecule has 1 unspecified atom stereocenters. The molecule has 1 aliphatic rings. The van der Waals surface area contributed by atoms with Crippen LogP contribution in [0.5, 0.6) is 0 Å². The van der Waals surface area contributed by atoms with E-state index >= 15 is 0 Å². The Morgan fingerprint density at radius 1 is 1.75 bits per heavy atom. The molecule has 6 nitrogen and oxygen atoms in total. The third-order valence-corrected chi connectivity index (χ3v) is 2.19. The highest BCUT2D eigenvalue weighted by molar-refractivity contribution is 5.69. The Morgan fingerprint density at radius 3 is 3.00 bits per heavy atom. The molecule has 0 spiro atoms. The maximum Gasteiger partial charge on any atom is 0.410 e. The second-order valence-electron chi connectivity index (χ2n) is 4.72. The van der Waals surface area contributed by atoms with Crippen LogP contribution in [0.2, 0.25) is 0 Å². The van der Waals surface area contributed by atoms with E-state index in [4.69, 9.17) is 11.6 Å². The molecule has 0 aromatic carbocycles. The number of ether oxygens (including phenoxy) is 1. The molecule has 1 rings (SSSR count). The van der Waals surface area contributed by atoms with E-state index < -0.39 is 11.7 Å². The fourth-order valence-corrected chi connectivity index (χ4v) is 1.53. The van der Waals surface area contributed by atoms with Gasteiger partial charge < -0.3 is 9.64 Å². The van der Waals surface area contributed by atoms with Crippen LogP contribution >= 0.6 is 0 Å². The number of likely N-dealkylation sites (tertiary alicyclic amines) is 1. The van der Waals surface area contributed by atoms with E-state index in [2.05, 4.69) is 10.0 Å². The standard InChI is InChI=1S/C10H18N4O2/c1-10(2,3)16-9(15)14-6-4-5-8(14)7-12-13-11/h8H,4-7H2,1-3H3/t8-/m1/s1/i4T/t4?,8-. The number of hydrogen-bond donors (Lipinski definition) is 0. The van der Waals surface area contributed by atoms with Crippen LogP contribution in [-0.4, -0.2) is 35.7 Å². The van der Waals surface area contributed by atoms with Crippen LogP contribution in [0.4, 0.5) is 4.79 Å². The van der Waals surface area contributed by atoms with Gasteiger partial charge in [-0.1, -0.05) is 5.11 Å². The molecule has 0 aromatic rings. The van der Waals surface area contributed by atoms with Gasteiger partial charge in [-0.05, 0) is 39.1 Å². The molecule has 0 aromatic heterocycles. The molecule has 1 aliphatic heterocycles. The van der Waals surface area contributed by atoms with Gasteiger partial charge >= 0.3 is 6.09 Å². The van der Waals surface area contributed by atoms with Crippen molar-refractivity contribution in [1.82, 2.24) is 4.90 Å². The highest BCUT2D eigenvalue weighted by atomic mass is 16.6. The van der Waals surface area contributed by atoms with Crippen LogP contribution in [0.3, 0.4) is 0 Å². The summed E-state index contributed by atoms with van der Waals surface area (Å²) >= 11 is 0. The molecule has 1 fully saturated rings. The molecule has 0 N–H and O–H groups in total. The summed E-state index contributed by atoms with van der Waals surface area (Å²) in [6.07, 6.45) is -0.245. The largest absolute Gasteiger partial charge is 0.444 e. The lowest BCUT2D eigenvalue weighted by Gasteiger charge is -2.27. The second kappa shape index (κ2) is 5.07. The Labute approximate surface area is 96.6 Å². The average molecular weight is 228 g/mol. The highest BCUT2D eigenvalue weighted by Gasteiger charge is 2.31. The van der Waals surface area contributed by atoms with Crippen molar-refractivity contribution in [3.05, 3.63) is 10.4 Å². The third kappa shape index (κ3) is 3.62. The Kier molecular flexibility index (Phi) is 3.51. The first-order valence-corrected chi connectivity index (χ1v) is 5.26. The van der Waals surface area contributed by atoms with Gasteiger partial charge in [0.15, 0.2) is 0 Å². The van der Waals surface area contributed by atoms with Gasteiger partial charge in [0.2, 0.25) is 0 Å². The Hall–Kier alpha value is -1.42. The molecule has 90 valence electrons. The topological polar surface area (TPSA) is 78.3 Å². The zero-order valence-corrected chi connectivity index (χ0v) is 9.88. The van der Waals surface area contributed by atoms with E-state index in [0.717, 1.165) is 0 Å². The van der Waals surface area contributed by atoms with Crippen molar-refractivity contribution in [2.24, 2.45) is 5.11 Å². The number of amides is 1. The molecule has 0 saturated carbocycles. The maximum absolute atomic E-state index is 11.9. The smallest absolute Gasteiger partial charge is 0.410 e. The van der Waals surface area contributed by atoms with E-state index in [1.165, 1.54) is 4.90 Å². The van der Waals surface area contributed by atoms with Crippen LogP contribution in [0.1, 0.15) is 35.0 Å². The summed E-state index contributed by atoms with van der Waals surface area (Å²) < 4.78 is 12.9. The van der Waals surface area contributed by atoms with Crippen LogP contribution in [0.15, 0.2) is 5.11 Å². The van der Waals surface area contributed by atoms with Crippen molar-refractivity contribution in [3.63, 3.8) is 0 Å². The second-order valence-corrected chi connectivity index (χ2v) is 4.72. The van der Waals surface area contributed by atoms with Crippen molar-refractivity contribution in [1.29, 1.82) is 0 Å². The lowest BCUT2D eigenvalue weighted by Crippen LogP contribution is -2.40. The zero-order valence-electron chi connectivity index (χ0n) is 10.9. The summed E-state index contributed by atoms with van der Waals surface area (Å²) in [6.45, 7) is 5.91. The molecule has 2 atom stereocenters. The van der Waals surface area contributed by atoms with E-state index in [1.807, 2.05) is 0 Å². The summed E-state index contributed by atoms with van der Waals surface area (Å²) in [7, 11) is 0. The monoisotopic (exact) mass is 228 g/mol. The van der Waals surface area contributed by atoms with Gasteiger partial charge in [-0.25, -0.2) is 4.79 Å². The Bertz CT molecular complexity index is 336. The summed E-state index contributed by atoms with van der Waals surface area (Å²) in [4.78, 5) is 16.0. The van der Waals surface area contributed by atoms with E-state index in [0.29, 0.717) is 13.0 Å². The van der Waals surface area contributed by atoms with Gasteiger partial charge in [0, 0.05) is 25.4 Å². The van der Waals surface area contributed by atoms with Crippen molar-refractivity contribution in [2.75, 3.05) is 13.1 Å². The average Bonchev–Trinajstić information content (AvgIpc) is 2.54. The Balaban J connectivity index is 2.66. The number of azide groups is 1. The number of nitrogens with zero attached hydrogens (tertiary/aromatic N) is 4. The quantitative estimate of drug-likeness (QED) is 0.414. The number of carbonyl (C=O) groups is 1.